The molecule has 0 unspecified atom stereocenters. The Morgan fingerprint density at radius 3 is 2.76 bits per heavy atom. The molecular formula is C15H19FN2O3. The number of likely N-dealkylation sites (N-methyl/N-ethyl adjacent to an activating group) is 1. The van der Waals surface area contributed by atoms with Gasteiger partial charge in [-0.05, 0) is 30.7 Å². The molecule has 0 radical (unpaired) electrons. The maximum Gasteiger partial charge on any atom is 0.328 e. The number of hydrogen-bond acceptors (Lipinski definition) is 3. The van der Waals surface area contributed by atoms with E-state index in [-0.39, 0.29) is 12.5 Å². The van der Waals surface area contributed by atoms with Crippen molar-refractivity contribution < 1.29 is 19.1 Å². The lowest BCUT2D eigenvalue weighted by atomic mass is 10.1. The van der Waals surface area contributed by atoms with Crippen LogP contribution in [-0.4, -0.2) is 37.1 Å². The highest BCUT2D eigenvalue weighted by Crippen LogP contribution is 2.22. The molecule has 0 aliphatic carbocycles. The van der Waals surface area contributed by atoms with E-state index in [9.17, 15) is 14.0 Å². The highest BCUT2D eigenvalue weighted by atomic mass is 19.1. The molecule has 0 aliphatic heterocycles. The Bertz CT molecular complexity index is 544. The lowest BCUT2D eigenvalue weighted by Crippen LogP contribution is -2.35. The zero-order valence-electron chi connectivity index (χ0n) is 12.1. The van der Waals surface area contributed by atoms with E-state index >= 15 is 0 Å². The van der Waals surface area contributed by atoms with Crippen LogP contribution in [0.1, 0.15) is 18.9 Å². The summed E-state index contributed by atoms with van der Waals surface area (Å²) in [6.07, 6.45) is 3.09. The average molecular weight is 294 g/mol. The minimum atomic E-state index is -1.12. The van der Waals surface area contributed by atoms with E-state index in [2.05, 4.69) is 5.32 Å². The normalized spacial score (nSPS) is 10.6. The van der Waals surface area contributed by atoms with E-state index < -0.39 is 11.8 Å². The number of hydrogen-bond donors (Lipinski definition) is 2. The summed E-state index contributed by atoms with van der Waals surface area (Å²) in [6, 6.07) is 4.02. The summed E-state index contributed by atoms with van der Waals surface area (Å²) in [7, 11) is 1.69. The highest BCUT2D eigenvalue weighted by molar-refractivity contribution is 5.88. The number of carbonyl (C=O) groups excluding carboxylic acids is 1. The molecule has 21 heavy (non-hydrogen) atoms. The predicted octanol–water partition coefficient (Wildman–Crippen LogP) is 1.89. The number of halogens is 1. The van der Waals surface area contributed by atoms with Crippen LogP contribution in [0.3, 0.4) is 0 Å². The molecule has 0 heterocycles. The number of rotatable bonds is 7. The van der Waals surface area contributed by atoms with Gasteiger partial charge in [0.2, 0.25) is 5.91 Å². The molecule has 5 nitrogen and oxygen atoms in total. The van der Waals surface area contributed by atoms with Crippen molar-refractivity contribution in [3.8, 4) is 0 Å². The topological polar surface area (TPSA) is 69.6 Å². The number of carbonyl (C=O) groups is 2. The van der Waals surface area contributed by atoms with Crippen molar-refractivity contribution in [3.63, 3.8) is 0 Å². The third-order valence-corrected chi connectivity index (χ3v) is 2.76. The van der Waals surface area contributed by atoms with E-state index in [0.29, 0.717) is 17.8 Å². The third kappa shape index (κ3) is 5.64. The largest absolute Gasteiger partial charge is 0.478 e. The molecular weight excluding hydrogens is 275 g/mol. The fraction of sp³-hybridized carbons (Fsp3) is 0.333. The van der Waals surface area contributed by atoms with Gasteiger partial charge >= 0.3 is 5.97 Å². The second-order valence-corrected chi connectivity index (χ2v) is 4.58. The SMILES string of the molecule is CCCNC(=O)CN(C)c1ccc(F)cc1C=CC(=O)O. The van der Waals surface area contributed by atoms with Gasteiger partial charge in [-0.2, -0.15) is 0 Å². The van der Waals surface area contributed by atoms with Gasteiger partial charge in [-0.1, -0.05) is 6.92 Å². The summed E-state index contributed by atoms with van der Waals surface area (Å²) in [5.41, 5.74) is 0.990. The lowest BCUT2D eigenvalue weighted by molar-refractivity contribution is -0.131. The minimum absolute atomic E-state index is 0.111. The Hall–Kier alpha value is -2.37. The van der Waals surface area contributed by atoms with Crippen LogP contribution in [0.15, 0.2) is 24.3 Å². The van der Waals surface area contributed by atoms with Gasteiger partial charge in [0.25, 0.3) is 0 Å². The number of nitrogens with one attached hydrogen (secondary N) is 1. The molecule has 0 saturated carbocycles. The molecule has 1 aromatic rings. The van der Waals surface area contributed by atoms with Crippen LogP contribution >= 0.6 is 0 Å². The van der Waals surface area contributed by atoms with Gasteiger partial charge in [-0.3, -0.25) is 4.79 Å². The van der Waals surface area contributed by atoms with Crippen LogP contribution in [0.2, 0.25) is 0 Å². The summed E-state index contributed by atoms with van der Waals surface area (Å²) in [6.45, 7) is 2.67. The summed E-state index contributed by atoms with van der Waals surface area (Å²) < 4.78 is 13.3. The Morgan fingerprint density at radius 2 is 2.14 bits per heavy atom. The van der Waals surface area contributed by atoms with Crippen LogP contribution < -0.4 is 10.2 Å². The fourth-order valence-electron chi connectivity index (χ4n) is 1.79. The minimum Gasteiger partial charge on any atom is -0.478 e. The monoisotopic (exact) mass is 294 g/mol. The number of carboxylic acids is 1. The molecule has 114 valence electrons. The molecule has 0 bridgehead atoms. The molecule has 1 aromatic carbocycles. The zero-order valence-corrected chi connectivity index (χ0v) is 12.1. The number of carboxylic acid groups (broad SMARTS) is 1. The van der Waals surface area contributed by atoms with Crippen LogP contribution in [-0.2, 0) is 9.59 Å². The third-order valence-electron chi connectivity index (χ3n) is 2.76. The summed E-state index contributed by atoms with van der Waals surface area (Å²) in [4.78, 5) is 23.9. The van der Waals surface area contributed by atoms with Crippen molar-refractivity contribution in [2.45, 2.75) is 13.3 Å². The first-order valence-corrected chi connectivity index (χ1v) is 6.62. The van der Waals surface area contributed by atoms with Crippen molar-refractivity contribution >= 4 is 23.6 Å². The van der Waals surface area contributed by atoms with Crippen molar-refractivity contribution in [1.82, 2.24) is 5.32 Å². The molecule has 0 fully saturated rings. The quantitative estimate of drug-likeness (QED) is 0.753. The summed E-state index contributed by atoms with van der Waals surface area (Å²) in [5, 5.41) is 11.4. The second kappa shape index (κ2) is 8.04. The molecule has 6 heteroatoms. The molecule has 0 aliphatic rings. The summed E-state index contributed by atoms with van der Waals surface area (Å²) >= 11 is 0. The number of amides is 1. The second-order valence-electron chi connectivity index (χ2n) is 4.58. The maximum atomic E-state index is 13.3. The van der Waals surface area contributed by atoms with Gasteiger partial charge in [-0.25, -0.2) is 9.18 Å². The predicted molar refractivity (Wildman–Crippen MR) is 79.6 cm³/mol. The van der Waals surface area contributed by atoms with Crippen molar-refractivity contribution in [1.29, 1.82) is 0 Å². The van der Waals surface area contributed by atoms with Crippen molar-refractivity contribution in [2.24, 2.45) is 0 Å². The number of benzene rings is 1. The Morgan fingerprint density at radius 1 is 1.43 bits per heavy atom. The molecule has 1 rings (SSSR count). The van der Waals surface area contributed by atoms with Gasteiger partial charge < -0.3 is 15.3 Å². The van der Waals surface area contributed by atoms with Crippen LogP contribution in [0, 0.1) is 5.82 Å². The summed E-state index contributed by atoms with van der Waals surface area (Å²) in [5.74, 6) is -1.72. The fourth-order valence-corrected chi connectivity index (χ4v) is 1.79. The van der Waals surface area contributed by atoms with Crippen LogP contribution in [0.4, 0.5) is 10.1 Å². The van der Waals surface area contributed by atoms with Gasteiger partial charge in [-0.15, -0.1) is 0 Å². The first-order valence-electron chi connectivity index (χ1n) is 6.62. The highest BCUT2D eigenvalue weighted by Gasteiger charge is 2.11. The maximum absolute atomic E-state index is 13.3. The molecule has 2 N–H and O–H groups in total. The Kier molecular flexibility index (Phi) is 6.39. The smallest absolute Gasteiger partial charge is 0.328 e. The van der Waals surface area contributed by atoms with Gasteiger partial charge in [0, 0.05) is 30.9 Å². The molecule has 0 aromatic heterocycles. The van der Waals surface area contributed by atoms with Crippen molar-refractivity contribution in [3.05, 3.63) is 35.7 Å². The van der Waals surface area contributed by atoms with E-state index in [0.717, 1.165) is 12.5 Å². The van der Waals surface area contributed by atoms with Gasteiger partial charge in [0.05, 0.1) is 6.54 Å². The molecule has 1 amide bonds. The first-order chi connectivity index (χ1) is 9.93. The average Bonchev–Trinajstić information content (AvgIpc) is 2.42. The standard InChI is InChI=1S/C15H19FN2O3/c1-3-8-17-14(19)10-18(2)13-6-5-12(16)9-11(13)4-7-15(20)21/h4-7,9H,3,8,10H2,1-2H3,(H,17,19)(H,20,21). The Labute approximate surface area is 123 Å². The molecule has 0 atom stereocenters. The number of anilines is 1. The van der Waals surface area contributed by atoms with Gasteiger partial charge in [0.15, 0.2) is 0 Å². The first kappa shape index (κ1) is 16.7. The molecule has 0 spiro atoms. The zero-order chi connectivity index (χ0) is 15.8. The Balaban J connectivity index is 2.90. The van der Waals surface area contributed by atoms with Crippen LogP contribution in [0.25, 0.3) is 6.08 Å². The number of aliphatic carboxylic acids is 1. The number of nitrogens with zero attached hydrogens (tertiary/aromatic N) is 1. The van der Waals surface area contributed by atoms with E-state index in [1.165, 1.54) is 24.3 Å². The van der Waals surface area contributed by atoms with Gasteiger partial charge in [0.1, 0.15) is 5.82 Å². The van der Waals surface area contributed by atoms with Crippen LogP contribution in [0.5, 0.6) is 0 Å². The lowest BCUT2D eigenvalue weighted by Gasteiger charge is -2.21. The molecule has 0 saturated heterocycles. The van der Waals surface area contributed by atoms with E-state index in [4.69, 9.17) is 5.11 Å². The van der Waals surface area contributed by atoms with E-state index in [1.807, 2.05) is 6.92 Å². The van der Waals surface area contributed by atoms with E-state index in [1.54, 1.807) is 11.9 Å². The van der Waals surface area contributed by atoms with Crippen molar-refractivity contribution in [2.75, 3.05) is 25.0 Å².